The maximum absolute atomic E-state index is 12.6. The van der Waals surface area contributed by atoms with Gasteiger partial charge in [0, 0.05) is 29.9 Å². The summed E-state index contributed by atoms with van der Waals surface area (Å²) >= 11 is 0. The zero-order valence-corrected chi connectivity index (χ0v) is 17.7. The molecule has 0 spiro atoms. The van der Waals surface area contributed by atoms with Gasteiger partial charge < -0.3 is 34.5 Å². The second-order valence-corrected chi connectivity index (χ2v) is 7.33. The summed E-state index contributed by atoms with van der Waals surface area (Å²) < 4.78 is 16.2. The Labute approximate surface area is 184 Å². The van der Waals surface area contributed by atoms with E-state index in [-0.39, 0.29) is 5.76 Å². The van der Waals surface area contributed by atoms with E-state index in [1.54, 1.807) is 36.4 Å². The quantitative estimate of drug-likeness (QED) is 0.516. The molecule has 0 bridgehead atoms. The summed E-state index contributed by atoms with van der Waals surface area (Å²) in [6.45, 7) is 2.45. The number of amides is 2. The van der Waals surface area contributed by atoms with Crippen LogP contribution in [0.25, 0.3) is 11.0 Å². The highest BCUT2D eigenvalue weighted by molar-refractivity contribution is 6.02. The summed E-state index contributed by atoms with van der Waals surface area (Å²) in [4.78, 5) is 27.4. The predicted octanol–water partition coefficient (Wildman–Crippen LogP) is 2.01. The Balaban J connectivity index is 1.40. The minimum absolute atomic E-state index is 0.0191. The fourth-order valence-electron chi connectivity index (χ4n) is 3.54. The molecule has 2 heterocycles. The van der Waals surface area contributed by atoms with Gasteiger partial charge in [-0.05, 0) is 36.4 Å². The lowest BCUT2D eigenvalue weighted by Gasteiger charge is -2.29. The molecule has 9 nitrogen and oxygen atoms in total. The van der Waals surface area contributed by atoms with E-state index in [4.69, 9.17) is 13.9 Å². The van der Waals surface area contributed by atoms with E-state index in [1.807, 2.05) is 12.1 Å². The molecule has 32 heavy (non-hydrogen) atoms. The van der Waals surface area contributed by atoms with Gasteiger partial charge in [-0.15, -0.1) is 0 Å². The van der Waals surface area contributed by atoms with Gasteiger partial charge in [-0.3, -0.25) is 9.59 Å². The third-order valence-electron chi connectivity index (χ3n) is 5.27. The minimum Gasteiger partial charge on any atom is -0.493 e. The van der Waals surface area contributed by atoms with E-state index in [0.717, 1.165) is 18.8 Å². The first kappa shape index (κ1) is 21.7. The average molecular weight is 439 g/mol. The van der Waals surface area contributed by atoms with Crippen LogP contribution >= 0.6 is 0 Å². The summed E-state index contributed by atoms with van der Waals surface area (Å²) in [6, 6.07) is 13.1. The lowest BCUT2D eigenvalue weighted by Crippen LogP contribution is -2.46. The van der Waals surface area contributed by atoms with Crippen LogP contribution in [0.1, 0.15) is 10.6 Å². The number of anilines is 2. The zero-order chi connectivity index (χ0) is 22.5. The number of benzene rings is 2. The summed E-state index contributed by atoms with van der Waals surface area (Å²) in [5.41, 5.74) is 2.04. The highest BCUT2D eigenvalue weighted by Crippen LogP contribution is 2.28. The maximum atomic E-state index is 12.6. The Bertz CT molecular complexity index is 1090. The van der Waals surface area contributed by atoms with Gasteiger partial charge in [-0.2, -0.15) is 0 Å². The van der Waals surface area contributed by atoms with E-state index in [1.165, 1.54) is 7.11 Å². The largest absolute Gasteiger partial charge is 0.493 e. The van der Waals surface area contributed by atoms with Gasteiger partial charge in [0.2, 0.25) is 5.91 Å². The fraction of sp³-hybridized carbons (Fsp3) is 0.304. The number of methoxy groups -OCH3 is 1. The molecule has 1 aliphatic rings. The van der Waals surface area contributed by atoms with Gasteiger partial charge in [-0.25, -0.2) is 0 Å². The number of carbonyl (C=O) groups excluding carboxylic acids is 2. The number of ether oxygens (including phenoxy) is 2. The van der Waals surface area contributed by atoms with Crippen LogP contribution in [0.15, 0.2) is 52.9 Å². The first-order valence-corrected chi connectivity index (χ1v) is 10.3. The van der Waals surface area contributed by atoms with Gasteiger partial charge in [0.05, 0.1) is 26.9 Å². The zero-order valence-electron chi connectivity index (χ0n) is 17.7. The lowest BCUT2D eigenvalue weighted by atomic mass is 10.2. The number of carbonyl (C=O) groups is 2. The van der Waals surface area contributed by atoms with E-state index in [2.05, 4.69) is 15.5 Å². The number of furan rings is 1. The van der Waals surface area contributed by atoms with Crippen LogP contribution in [0.5, 0.6) is 5.75 Å². The van der Waals surface area contributed by atoms with Crippen LogP contribution in [0, 0.1) is 0 Å². The van der Waals surface area contributed by atoms with Crippen molar-refractivity contribution in [1.82, 2.24) is 5.32 Å². The van der Waals surface area contributed by atoms with Crippen LogP contribution in [0.2, 0.25) is 0 Å². The molecule has 168 valence electrons. The van der Waals surface area contributed by atoms with Crippen molar-refractivity contribution < 1.29 is 28.6 Å². The minimum atomic E-state index is -1.14. The topological polar surface area (TPSA) is 113 Å². The molecule has 0 saturated carbocycles. The first-order valence-electron chi connectivity index (χ1n) is 10.3. The third kappa shape index (κ3) is 4.68. The van der Waals surface area contributed by atoms with Crippen LogP contribution in [0.4, 0.5) is 11.4 Å². The molecule has 1 saturated heterocycles. The van der Waals surface area contributed by atoms with Crippen molar-refractivity contribution in [2.24, 2.45) is 0 Å². The molecular formula is C23H25N3O6. The van der Waals surface area contributed by atoms with Crippen molar-refractivity contribution in [2.75, 3.05) is 50.2 Å². The van der Waals surface area contributed by atoms with Crippen molar-refractivity contribution in [2.45, 2.75) is 6.04 Å². The van der Waals surface area contributed by atoms with Crippen LogP contribution < -0.4 is 20.3 Å². The molecule has 3 N–H and O–H groups in total. The van der Waals surface area contributed by atoms with Gasteiger partial charge >= 0.3 is 0 Å². The van der Waals surface area contributed by atoms with Crippen molar-refractivity contribution >= 4 is 34.2 Å². The molecule has 9 heteroatoms. The van der Waals surface area contributed by atoms with Crippen molar-refractivity contribution in [3.8, 4) is 5.75 Å². The summed E-state index contributed by atoms with van der Waals surface area (Å²) in [7, 11) is 1.51. The number of aliphatic hydroxyl groups is 1. The van der Waals surface area contributed by atoms with Gasteiger partial charge in [-0.1, -0.05) is 12.1 Å². The molecule has 1 unspecified atom stereocenters. The average Bonchev–Trinajstić information content (AvgIpc) is 3.28. The maximum Gasteiger partial charge on any atom is 0.287 e. The number of nitrogens with one attached hydrogen (secondary N) is 2. The summed E-state index contributed by atoms with van der Waals surface area (Å²) in [5.74, 6) is -0.627. The molecule has 1 aromatic heterocycles. The number of morpholine rings is 1. The monoisotopic (exact) mass is 439 g/mol. The standard InChI is InChI=1S/C23H25N3O6/c1-30-19-4-2-3-15-13-20(32-21(15)19)23(29)25-18(14-27)22(28)24-16-5-7-17(8-6-16)26-9-11-31-12-10-26/h2-8,13,18,27H,9-12,14H2,1H3,(H,24,28)(H,25,29). The predicted molar refractivity (Wildman–Crippen MR) is 119 cm³/mol. The van der Waals surface area contributed by atoms with Gasteiger partial charge in [0.15, 0.2) is 17.1 Å². The van der Waals surface area contributed by atoms with Crippen LogP contribution in [0.3, 0.4) is 0 Å². The van der Waals surface area contributed by atoms with Gasteiger partial charge in [0.1, 0.15) is 6.04 Å². The number of hydrogen-bond acceptors (Lipinski definition) is 7. The highest BCUT2D eigenvalue weighted by Gasteiger charge is 2.23. The Morgan fingerprint density at radius 3 is 2.59 bits per heavy atom. The molecule has 0 radical (unpaired) electrons. The normalized spacial score (nSPS) is 14.8. The van der Waals surface area contributed by atoms with Crippen LogP contribution in [-0.2, 0) is 9.53 Å². The van der Waals surface area contributed by atoms with E-state index >= 15 is 0 Å². The number of rotatable bonds is 7. The Morgan fingerprint density at radius 1 is 1.16 bits per heavy atom. The van der Waals surface area contributed by atoms with Crippen molar-refractivity contribution in [3.63, 3.8) is 0 Å². The molecule has 1 aliphatic heterocycles. The molecule has 1 atom stereocenters. The van der Waals surface area contributed by atoms with E-state index < -0.39 is 24.5 Å². The smallest absolute Gasteiger partial charge is 0.287 e. The fourth-order valence-corrected chi connectivity index (χ4v) is 3.54. The summed E-state index contributed by atoms with van der Waals surface area (Å²) in [6.07, 6.45) is 0. The Kier molecular flexibility index (Phi) is 6.58. The molecule has 2 aromatic carbocycles. The number of aliphatic hydroxyl groups excluding tert-OH is 1. The number of para-hydroxylation sites is 1. The lowest BCUT2D eigenvalue weighted by molar-refractivity contribution is -0.118. The summed E-state index contributed by atoms with van der Waals surface area (Å²) in [5, 5.41) is 15.6. The molecule has 1 fully saturated rings. The Morgan fingerprint density at radius 2 is 1.91 bits per heavy atom. The first-order chi connectivity index (χ1) is 15.6. The van der Waals surface area contributed by atoms with Crippen molar-refractivity contribution in [1.29, 1.82) is 0 Å². The third-order valence-corrected chi connectivity index (χ3v) is 5.27. The molecular weight excluding hydrogens is 414 g/mol. The second-order valence-electron chi connectivity index (χ2n) is 7.33. The molecule has 2 amide bonds. The van der Waals surface area contributed by atoms with Crippen LogP contribution in [-0.4, -0.2) is 63.0 Å². The highest BCUT2D eigenvalue weighted by atomic mass is 16.5. The van der Waals surface area contributed by atoms with Gasteiger partial charge in [0.25, 0.3) is 5.91 Å². The number of fused-ring (bicyclic) bond motifs is 1. The van der Waals surface area contributed by atoms with Crippen molar-refractivity contribution in [3.05, 3.63) is 54.3 Å². The molecule has 0 aliphatic carbocycles. The molecule has 3 aromatic rings. The second kappa shape index (κ2) is 9.71. The number of nitrogens with zero attached hydrogens (tertiary/aromatic N) is 1. The van der Waals surface area contributed by atoms with E-state index in [0.29, 0.717) is 35.6 Å². The number of hydrogen-bond donors (Lipinski definition) is 3. The van der Waals surface area contributed by atoms with E-state index in [9.17, 15) is 14.7 Å². The Hall–Kier alpha value is -3.56. The SMILES string of the molecule is COc1cccc2cc(C(=O)NC(CO)C(=O)Nc3ccc(N4CCOCC4)cc3)oc12. The molecule has 4 rings (SSSR count).